The van der Waals surface area contributed by atoms with E-state index >= 15 is 0 Å². The molecule has 1 aromatic heterocycles. The van der Waals surface area contributed by atoms with E-state index in [9.17, 15) is 4.79 Å². The Morgan fingerprint density at radius 2 is 1.72 bits per heavy atom. The number of benzene rings is 3. The van der Waals surface area contributed by atoms with Crippen LogP contribution in [0.1, 0.15) is 27.6 Å². The highest BCUT2D eigenvalue weighted by atomic mass is 35.5. The molecule has 29 heavy (non-hydrogen) atoms. The molecule has 3 aromatic carbocycles. The second-order valence-electron chi connectivity index (χ2n) is 7.14. The average molecular weight is 404 g/mol. The topological polar surface area (TPSA) is 60.9 Å². The molecule has 0 radical (unpaired) electrons. The van der Waals surface area contributed by atoms with Crippen LogP contribution in [0.25, 0.3) is 10.9 Å². The van der Waals surface area contributed by atoms with Crippen LogP contribution in [-0.4, -0.2) is 9.55 Å². The predicted molar refractivity (Wildman–Crippen MR) is 118 cm³/mol. The zero-order valence-electron chi connectivity index (χ0n) is 16.0. The standard InChI is InChI=1S/C24H22ClN3O/c25-22(20-7-2-1-3-8-20)13-17-9-10-23-21(12-17)24(29)28(16-27-23)15-19-6-4-5-18(11-19)14-26/h1-12,16,22H,13-15,26H2. The molecule has 0 saturated heterocycles. The summed E-state index contributed by atoms with van der Waals surface area (Å²) in [7, 11) is 0. The molecular formula is C24H22ClN3O. The summed E-state index contributed by atoms with van der Waals surface area (Å²) in [5.41, 5.74) is 10.5. The smallest absolute Gasteiger partial charge is 0.261 e. The van der Waals surface area contributed by atoms with Crippen molar-refractivity contribution in [3.05, 3.63) is 112 Å². The molecule has 0 aliphatic carbocycles. The van der Waals surface area contributed by atoms with Gasteiger partial charge in [-0.15, -0.1) is 11.6 Å². The van der Waals surface area contributed by atoms with Gasteiger partial charge in [0, 0.05) is 6.54 Å². The molecule has 1 unspecified atom stereocenters. The molecule has 146 valence electrons. The minimum atomic E-state index is -0.147. The van der Waals surface area contributed by atoms with Crippen LogP contribution in [0.3, 0.4) is 0 Å². The van der Waals surface area contributed by atoms with E-state index in [0.29, 0.717) is 30.4 Å². The van der Waals surface area contributed by atoms with Crippen molar-refractivity contribution < 1.29 is 0 Å². The fourth-order valence-corrected chi connectivity index (χ4v) is 3.81. The lowest BCUT2D eigenvalue weighted by molar-refractivity contribution is 0.747. The zero-order valence-corrected chi connectivity index (χ0v) is 16.7. The number of rotatable bonds is 6. The lowest BCUT2D eigenvalue weighted by Crippen LogP contribution is -2.21. The molecule has 0 aliphatic heterocycles. The van der Waals surface area contributed by atoms with Gasteiger partial charge in [-0.05, 0) is 40.8 Å². The molecule has 5 heteroatoms. The van der Waals surface area contributed by atoms with Gasteiger partial charge in [0.15, 0.2) is 0 Å². The highest BCUT2D eigenvalue weighted by Crippen LogP contribution is 2.25. The van der Waals surface area contributed by atoms with Crippen LogP contribution in [-0.2, 0) is 19.5 Å². The molecule has 0 saturated carbocycles. The van der Waals surface area contributed by atoms with Gasteiger partial charge in [-0.25, -0.2) is 4.98 Å². The number of aromatic nitrogens is 2. The van der Waals surface area contributed by atoms with Crippen molar-refractivity contribution >= 4 is 22.5 Å². The van der Waals surface area contributed by atoms with Gasteiger partial charge < -0.3 is 5.73 Å². The van der Waals surface area contributed by atoms with Gasteiger partial charge in [-0.2, -0.15) is 0 Å². The second-order valence-corrected chi connectivity index (χ2v) is 7.66. The lowest BCUT2D eigenvalue weighted by Gasteiger charge is -2.11. The Bertz CT molecular complexity index is 1190. The van der Waals surface area contributed by atoms with Gasteiger partial charge in [0.05, 0.1) is 29.2 Å². The highest BCUT2D eigenvalue weighted by Gasteiger charge is 2.11. The maximum atomic E-state index is 13.1. The summed E-state index contributed by atoms with van der Waals surface area (Å²) in [5, 5.41) is 0.462. The summed E-state index contributed by atoms with van der Waals surface area (Å²) in [6.45, 7) is 0.936. The van der Waals surface area contributed by atoms with Gasteiger partial charge in [-0.1, -0.05) is 60.7 Å². The first-order valence-electron chi connectivity index (χ1n) is 9.59. The van der Waals surface area contributed by atoms with Crippen LogP contribution < -0.4 is 11.3 Å². The summed E-state index contributed by atoms with van der Waals surface area (Å²) in [6.07, 6.45) is 2.25. The first-order valence-corrected chi connectivity index (χ1v) is 10.0. The number of nitrogens with two attached hydrogens (primary N) is 1. The fraction of sp³-hybridized carbons (Fsp3) is 0.167. The van der Waals surface area contributed by atoms with Crippen molar-refractivity contribution in [3.63, 3.8) is 0 Å². The van der Waals surface area contributed by atoms with E-state index in [-0.39, 0.29) is 10.9 Å². The molecule has 0 aliphatic rings. The van der Waals surface area contributed by atoms with Crippen molar-refractivity contribution in [2.75, 3.05) is 0 Å². The quantitative estimate of drug-likeness (QED) is 0.484. The Hall–Kier alpha value is -2.95. The summed E-state index contributed by atoms with van der Waals surface area (Å²) >= 11 is 6.59. The monoisotopic (exact) mass is 403 g/mol. The van der Waals surface area contributed by atoms with Crippen LogP contribution in [0.4, 0.5) is 0 Å². The fourth-order valence-electron chi connectivity index (χ4n) is 3.48. The number of alkyl halides is 1. The van der Waals surface area contributed by atoms with E-state index in [4.69, 9.17) is 17.3 Å². The minimum Gasteiger partial charge on any atom is -0.326 e. The Kier molecular flexibility index (Phi) is 5.74. The Morgan fingerprint density at radius 3 is 2.52 bits per heavy atom. The number of fused-ring (bicyclic) bond motifs is 1. The Labute approximate surface area is 174 Å². The second kappa shape index (κ2) is 8.60. The number of nitrogens with zero attached hydrogens (tertiary/aromatic N) is 2. The van der Waals surface area contributed by atoms with E-state index in [1.165, 1.54) is 0 Å². The van der Waals surface area contributed by atoms with E-state index in [2.05, 4.69) is 4.98 Å². The van der Waals surface area contributed by atoms with Crippen molar-refractivity contribution in [1.82, 2.24) is 9.55 Å². The number of hydrogen-bond donors (Lipinski definition) is 1. The molecule has 4 rings (SSSR count). The molecule has 0 fully saturated rings. The predicted octanol–water partition coefficient (Wildman–Crippen LogP) is 4.43. The van der Waals surface area contributed by atoms with Crippen LogP contribution in [0.2, 0.25) is 0 Å². The van der Waals surface area contributed by atoms with E-state index in [0.717, 1.165) is 22.3 Å². The Morgan fingerprint density at radius 1 is 0.931 bits per heavy atom. The SMILES string of the molecule is NCc1cccc(Cn2cnc3ccc(CC(Cl)c4ccccc4)cc3c2=O)c1. The maximum Gasteiger partial charge on any atom is 0.261 e. The maximum absolute atomic E-state index is 13.1. The lowest BCUT2D eigenvalue weighted by atomic mass is 10.0. The van der Waals surface area contributed by atoms with Crippen molar-refractivity contribution in [2.45, 2.75) is 24.9 Å². The molecule has 2 N–H and O–H groups in total. The molecule has 1 heterocycles. The van der Waals surface area contributed by atoms with E-state index < -0.39 is 0 Å². The molecule has 4 aromatic rings. The molecular weight excluding hydrogens is 382 g/mol. The van der Waals surface area contributed by atoms with Crippen molar-refractivity contribution in [3.8, 4) is 0 Å². The van der Waals surface area contributed by atoms with Gasteiger partial charge in [0.2, 0.25) is 0 Å². The molecule has 0 spiro atoms. The van der Waals surface area contributed by atoms with Crippen LogP contribution in [0.15, 0.2) is 83.9 Å². The summed E-state index contributed by atoms with van der Waals surface area (Å²) < 4.78 is 1.64. The first-order chi connectivity index (χ1) is 14.1. The van der Waals surface area contributed by atoms with Gasteiger partial charge in [0.1, 0.15) is 0 Å². The van der Waals surface area contributed by atoms with Gasteiger partial charge >= 0.3 is 0 Å². The van der Waals surface area contributed by atoms with Crippen molar-refractivity contribution in [2.24, 2.45) is 5.73 Å². The number of hydrogen-bond acceptors (Lipinski definition) is 3. The third-order valence-electron chi connectivity index (χ3n) is 5.04. The molecule has 1 atom stereocenters. The third-order valence-corrected chi connectivity index (χ3v) is 5.45. The average Bonchev–Trinajstić information content (AvgIpc) is 2.77. The van der Waals surface area contributed by atoms with E-state index in [1.807, 2.05) is 72.8 Å². The summed E-state index contributed by atoms with van der Waals surface area (Å²) in [4.78, 5) is 17.5. The first kappa shape index (κ1) is 19.4. The summed E-state index contributed by atoms with van der Waals surface area (Å²) in [6, 6.07) is 23.7. The number of halogens is 1. The summed E-state index contributed by atoms with van der Waals surface area (Å²) in [5.74, 6) is 0. The van der Waals surface area contributed by atoms with Gasteiger partial charge in [-0.3, -0.25) is 9.36 Å². The van der Waals surface area contributed by atoms with E-state index in [1.54, 1.807) is 10.9 Å². The largest absolute Gasteiger partial charge is 0.326 e. The third kappa shape index (κ3) is 4.39. The molecule has 4 nitrogen and oxygen atoms in total. The zero-order chi connectivity index (χ0) is 20.2. The Balaban J connectivity index is 1.63. The van der Waals surface area contributed by atoms with Crippen LogP contribution in [0.5, 0.6) is 0 Å². The van der Waals surface area contributed by atoms with Crippen molar-refractivity contribution in [1.29, 1.82) is 0 Å². The molecule has 0 bridgehead atoms. The normalized spacial score (nSPS) is 12.2. The highest BCUT2D eigenvalue weighted by molar-refractivity contribution is 6.20. The minimum absolute atomic E-state index is 0.0548. The van der Waals surface area contributed by atoms with Gasteiger partial charge in [0.25, 0.3) is 5.56 Å². The van der Waals surface area contributed by atoms with Crippen LogP contribution in [0, 0.1) is 0 Å². The molecule has 0 amide bonds. The van der Waals surface area contributed by atoms with Crippen LogP contribution >= 0.6 is 11.6 Å².